The lowest BCUT2D eigenvalue weighted by Crippen LogP contribution is -2.38. The standard InChI is InChI=1S/C18H28N2O3S/c1-4-15-8-6-7-14(3)18(15)19-17(21)9-11-20(5-2)16-10-12-24(22,23)13-16/h6-8,16H,4-5,9-13H2,1-3H3,(H,19,21). The van der Waals surface area contributed by atoms with Crippen molar-refractivity contribution in [2.45, 2.75) is 46.1 Å². The molecule has 1 N–H and O–H groups in total. The molecule has 1 aromatic rings. The molecule has 1 fully saturated rings. The Labute approximate surface area is 145 Å². The molecule has 1 aromatic carbocycles. The number of benzene rings is 1. The first-order valence-electron chi connectivity index (χ1n) is 8.69. The van der Waals surface area contributed by atoms with Gasteiger partial charge in [-0.15, -0.1) is 0 Å². The van der Waals surface area contributed by atoms with Crippen molar-refractivity contribution in [2.75, 3.05) is 29.9 Å². The Bertz CT molecular complexity index is 686. The van der Waals surface area contributed by atoms with E-state index < -0.39 is 9.84 Å². The number of rotatable bonds is 7. The van der Waals surface area contributed by atoms with Crippen LogP contribution in [0.3, 0.4) is 0 Å². The van der Waals surface area contributed by atoms with Gasteiger partial charge in [-0.2, -0.15) is 0 Å². The van der Waals surface area contributed by atoms with E-state index in [4.69, 9.17) is 0 Å². The molecule has 1 aliphatic rings. The van der Waals surface area contributed by atoms with E-state index in [9.17, 15) is 13.2 Å². The van der Waals surface area contributed by atoms with E-state index in [1.165, 1.54) is 0 Å². The summed E-state index contributed by atoms with van der Waals surface area (Å²) in [6.07, 6.45) is 1.93. The highest BCUT2D eigenvalue weighted by Crippen LogP contribution is 2.22. The SMILES string of the molecule is CCc1cccc(C)c1NC(=O)CCN(CC)C1CCS(=O)(=O)C1. The van der Waals surface area contributed by atoms with E-state index in [0.29, 0.717) is 19.4 Å². The lowest BCUT2D eigenvalue weighted by Gasteiger charge is -2.26. The number of hydrogen-bond donors (Lipinski definition) is 1. The van der Waals surface area contributed by atoms with E-state index >= 15 is 0 Å². The average molecular weight is 353 g/mol. The highest BCUT2D eigenvalue weighted by molar-refractivity contribution is 7.91. The summed E-state index contributed by atoms with van der Waals surface area (Å²) < 4.78 is 23.3. The van der Waals surface area contributed by atoms with Crippen molar-refractivity contribution >= 4 is 21.4 Å². The van der Waals surface area contributed by atoms with Gasteiger partial charge >= 0.3 is 0 Å². The van der Waals surface area contributed by atoms with Crippen LogP contribution in [0.4, 0.5) is 5.69 Å². The van der Waals surface area contributed by atoms with Crippen LogP contribution in [0.5, 0.6) is 0 Å². The fraction of sp³-hybridized carbons (Fsp3) is 0.611. The lowest BCUT2D eigenvalue weighted by atomic mass is 10.1. The van der Waals surface area contributed by atoms with Crippen molar-refractivity contribution in [2.24, 2.45) is 0 Å². The summed E-state index contributed by atoms with van der Waals surface area (Å²) in [4.78, 5) is 14.5. The van der Waals surface area contributed by atoms with E-state index in [1.54, 1.807) is 0 Å². The van der Waals surface area contributed by atoms with Gasteiger partial charge in [0.25, 0.3) is 0 Å². The van der Waals surface area contributed by atoms with Crippen LogP contribution in [-0.2, 0) is 21.1 Å². The normalized spacial score (nSPS) is 19.6. The van der Waals surface area contributed by atoms with Crippen LogP contribution in [0.2, 0.25) is 0 Å². The number of anilines is 1. The molecule has 0 bridgehead atoms. The molecule has 5 nitrogen and oxygen atoms in total. The van der Waals surface area contributed by atoms with Gasteiger partial charge in [0, 0.05) is 24.7 Å². The van der Waals surface area contributed by atoms with Crippen LogP contribution in [0.25, 0.3) is 0 Å². The third kappa shape index (κ3) is 4.80. The van der Waals surface area contributed by atoms with Gasteiger partial charge in [-0.25, -0.2) is 8.42 Å². The number of hydrogen-bond acceptors (Lipinski definition) is 4. The zero-order valence-corrected chi connectivity index (χ0v) is 15.7. The van der Waals surface area contributed by atoms with Crippen LogP contribution in [0.15, 0.2) is 18.2 Å². The fourth-order valence-corrected chi connectivity index (χ4v) is 5.07. The summed E-state index contributed by atoms with van der Waals surface area (Å²) in [5.74, 6) is 0.474. The molecule has 1 heterocycles. The van der Waals surface area contributed by atoms with Crippen molar-refractivity contribution in [1.82, 2.24) is 4.90 Å². The van der Waals surface area contributed by atoms with Gasteiger partial charge in [0.05, 0.1) is 11.5 Å². The van der Waals surface area contributed by atoms with Gasteiger partial charge in [0.1, 0.15) is 0 Å². The molecule has 0 radical (unpaired) electrons. The summed E-state index contributed by atoms with van der Waals surface area (Å²) >= 11 is 0. The molecular weight excluding hydrogens is 324 g/mol. The number of carbonyl (C=O) groups excluding carboxylic acids is 1. The van der Waals surface area contributed by atoms with Gasteiger partial charge in [0.2, 0.25) is 5.91 Å². The minimum absolute atomic E-state index is 0.0155. The van der Waals surface area contributed by atoms with E-state index in [1.807, 2.05) is 32.0 Å². The first-order valence-corrected chi connectivity index (χ1v) is 10.5. The molecule has 24 heavy (non-hydrogen) atoms. The average Bonchev–Trinajstić information content (AvgIpc) is 2.90. The second-order valence-electron chi connectivity index (χ2n) is 6.45. The summed E-state index contributed by atoms with van der Waals surface area (Å²) in [5.41, 5.74) is 3.12. The van der Waals surface area contributed by atoms with Crippen molar-refractivity contribution in [1.29, 1.82) is 0 Å². The van der Waals surface area contributed by atoms with E-state index in [0.717, 1.165) is 29.8 Å². The summed E-state index contributed by atoms with van der Waals surface area (Å²) in [5, 5.41) is 3.03. The minimum Gasteiger partial charge on any atom is -0.326 e. The van der Waals surface area contributed by atoms with Crippen LogP contribution in [0, 0.1) is 6.92 Å². The summed E-state index contributed by atoms with van der Waals surface area (Å²) in [6, 6.07) is 6.08. The molecular formula is C18H28N2O3S. The number of sulfone groups is 1. The maximum absolute atomic E-state index is 12.3. The number of para-hydroxylation sites is 1. The van der Waals surface area contributed by atoms with E-state index in [-0.39, 0.29) is 23.5 Å². The predicted molar refractivity (Wildman–Crippen MR) is 98.1 cm³/mol. The third-order valence-corrected chi connectivity index (χ3v) is 6.51. The lowest BCUT2D eigenvalue weighted by molar-refractivity contribution is -0.116. The second kappa shape index (κ2) is 8.12. The van der Waals surface area contributed by atoms with Crippen molar-refractivity contribution in [3.8, 4) is 0 Å². The molecule has 1 unspecified atom stereocenters. The summed E-state index contributed by atoms with van der Waals surface area (Å²) in [7, 11) is -2.89. The Morgan fingerprint density at radius 3 is 2.67 bits per heavy atom. The smallest absolute Gasteiger partial charge is 0.225 e. The summed E-state index contributed by atoms with van der Waals surface area (Å²) in [6.45, 7) is 7.44. The molecule has 134 valence electrons. The maximum atomic E-state index is 12.3. The van der Waals surface area contributed by atoms with Gasteiger partial charge < -0.3 is 5.32 Å². The Kier molecular flexibility index (Phi) is 6.40. The quantitative estimate of drug-likeness (QED) is 0.818. The van der Waals surface area contributed by atoms with Gasteiger partial charge in [0.15, 0.2) is 9.84 Å². The maximum Gasteiger partial charge on any atom is 0.225 e. The topological polar surface area (TPSA) is 66.5 Å². The molecule has 1 aliphatic heterocycles. The Hall–Kier alpha value is -1.40. The monoisotopic (exact) mass is 352 g/mol. The number of carbonyl (C=O) groups is 1. The van der Waals surface area contributed by atoms with Gasteiger partial charge in [-0.3, -0.25) is 9.69 Å². The molecule has 1 amide bonds. The fourth-order valence-electron chi connectivity index (χ4n) is 3.31. The zero-order chi connectivity index (χ0) is 17.7. The van der Waals surface area contributed by atoms with Crippen LogP contribution in [0.1, 0.15) is 37.8 Å². The Morgan fingerprint density at radius 2 is 2.08 bits per heavy atom. The largest absolute Gasteiger partial charge is 0.326 e. The first kappa shape index (κ1) is 18.9. The molecule has 1 atom stereocenters. The minimum atomic E-state index is -2.89. The first-order chi connectivity index (χ1) is 11.4. The highest BCUT2D eigenvalue weighted by Gasteiger charge is 2.31. The van der Waals surface area contributed by atoms with Crippen molar-refractivity contribution < 1.29 is 13.2 Å². The molecule has 6 heteroatoms. The number of aryl methyl sites for hydroxylation is 2. The molecule has 0 aromatic heterocycles. The number of amides is 1. The highest BCUT2D eigenvalue weighted by atomic mass is 32.2. The van der Waals surface area contributed by atoms with Crippen LogP contribution in [-0.4, -0.2) is 49.9 Å². The second-order valence-corrected chi connectivity index (χ2v) is 8.67. The van der Waals surface area contributed by atoms with Gasteiger partial charge in [-0.05, 0) is 37.4 Å². The zero-order valence-electron chi connectivity index (χ0n) is 14.8. The molecule has 0 aliphatic carbocycles. The Morgan fingerprint density at radius 1 is 1.33 bits per heavy atom. The van der Waals surface area contributed by atoms with Crippen molar-refractivity contribution in [3.05, 3.63) is 29.3 Å². The molecule has 1 saturated heterocycles. The number of nitrogens with zero attached hydrogens (tertiary/aromatic N) is 1. The molecule has 2 rings (SSSR count). The Balaban J connectivity index is 1.93. The van der Waals surface area contributed by atoms with Crippen LogP contribution < -0.4 is 5.32 Å². The predicted octanol–water partition coefficient (Wildman–Crippen LogP) is 2.40. The van der Waals surface area contributed by atoms with Gasteiger partial charge in [-0.1, -0.05) is 32.0 Å². The van der Waals surface area contributed by atoms with Crippen LogP contribution >= 0.6 is 0 Å². The van der Waals surface area contributed by atoms with E-state index in [2.05, 4.69) is 17.1 Å². The van der Waals surface area contributed by atoms with Crippen molar-refractivity contribution in [3.63, 3.8) is 0 Å². The molecule has 0 saturated carbocycles. The third-order valence-electron chi connectivity index (χ3n) is 4.76. The molecule has 0 spiro atoms. The number of nitrogens with one attached hydrogen (secondary N) is 1.